The predicted molar refractivity (Wildman–Crippen MR) is 335 cm³/mol. The Hall–Kier alpha value is -3.92. The molecule has 0 amide bonds. The smallest absolute Gasteiger partial charge is 0.0366 e. The number of hydrogen-bond donors (Lipinski definition) is 0. The summed E-state index contributed by atoms with van der Waals surface area (Å²) in [4.78, 5) is 10.2. The monoisotopic (exact) mass is 1020 g/mol. The Morgan fingerprint density at radius 2 is 0.467 bits per heavy atom. The van der Waals surface area contributed by atoms with Crippen LogP contribution in [0.25, 0.3) is 0 Å². The summed E-state index contributed by atoms with van der Waals surface area (Å²) in [6.07, 6.45) is 4.11. The first-order valence-electron chi connectivity index (χ1n) is 29.9. The van der Waals surface area contributed by atoms with Crippen molar-refractivity contribution in [2.75, 3.05) is 72.0 Å². The van der Waals surface area contributed by atoms with Crippen LogP contribution in [-0.4, -0.2) is 52.4 Å². The second-order valence-corrected chi connectivity index (χ2v) is 30.8. The van der Waals surface area contributed by atoms with Crippen LogP contribution < -0.4 is 19.6 Å². The molecule has 0 radical (unpaired) electrons. The van der Waals surface area contributed by atoms with Crippen molar-refractivity contribution in [3.8, 4) is 0 Å². The molecule has 4 aliphatic rings. The average Bonchev–Trinajstić information content (AvgIpc) is 3.29. The zero-order valence-corrected chi connectivity index (χ0v) is 52.8. The largest absolute Gasteiger partial charge is 0.371 e. The van der Waals surface area contributed by atoms with Gasteiger partial charge in [0.2, 0.25) is 0 Å². The summed E-state index contributed by atoms with van der Waals surface area (Å²) in [7, 11) is 0. The van der Waals surface area contributed by atoms with E-state index in [2.05, 4.69) is 276 Å². The molecule has 0 bridgehead atoms. The summed E-state index contributed by atoms with van der Waals surface area (Å²) in [6.45, 7) is 63.1. The maximum atomic E-state index is 2.58. The molecule has 4 nitrogen and oxygen atoms in total. The summed E-state index contributed by atoms with van der Waals surface area (Å²) >= 11 is 0. The van der Waals surface area contributed by atoms with Crippen LogP contribution in [0.5, 0.6) is 0 Å². The van der Waals surface area contributed by atoms with E-state index in [0.29, 0.717) is 10.8 Å². The number of anilines is 4. The van der Waals surface area contributed by atoms with Crippen molar-refractivity contribution in [2.45, 2.75) is 200 Å². The second-order valence-electron chi connectivity index (χ2n) is 30.8. The van der Waals surface area contributed by atoms with Crippen molar-refractivity contribution in [3.05, 3.63) is 119 Å². The molecule has 8 rings (SSSR count). The molecule has 6 atom stereocenters. The lowest BCUT2D eigenvalue weighted by molar-refractivity contribution is 0.0641. The lowest BCUT2D eigenvalue weighted by Crippen LogP contribution is -2.54. The van der Waals surface area contributed by atoms with Gasteiger partial charge in [-0.1, -0.05) is 208 Å². The first-order valence-corrected chi connectivity index (χ1v) is 29.9. The fraction of sp³-hybridized carbons (Fsp3) is 0.662. The number of piperidine rings is 4. The van der Waals surface area contributed by atoms with Gasteiger partial charge in [0.1, 0.15) is 0 Å². The molecule has 4 heterocycles. The van der Waals surface area contributed by atoms with Gasteiger partial charge in [-0.25, -0.2) is 0 Å². The molecule has 0 N–H and O–H groups in total. The van der Waals surface area contributed by atoms with E-state index in [9.17, 15) is 0 Å². The van der Waals surface area contributed by atoms with Gasteiger partial charge in [-0.3, -0.25) is 0 Å². The molecule has 0 aromatic heterocycles. The molecule has 4 saturated heterocycles. The van der Waals surface area contributed by atoms with E-state index >= 15 is 0 Å². The van der Waals surface area contributed by atoms with Crippen molar-refractivity contribution in [2.24, 2.45) is 52.3 Å². The zero-order valence-electron chi connectivity index (χ0n) is 52.8. The van der Waals surface area contributed by atoms with Gasteiger partial charge in [0.15, 0.2) is 0 Å². The molecule has 4 fully saturated rings. The summed E-state index contributed by atoms with van der Waals surface area (Å²) in [5, 5.41) is 0. The summed E-state index contributed by atoms with van der Waals surface area (Å²) in [5.41, 5.74) is 12.9. The highest BCUT2D eigenvalue weighted by atomic mass is 15.2. The van der Waals surface area contributed by atoms with Crippen LogP contribution in [0, 0.1) is 52.3 Å². The van der Waals surface area contributed by atoms with Gasteiger partial charge in [-0.15, -0.1) is 0 Å². The molecule has 0 saturated carbocycles. The fourth-order valence-corrected chi connectivity index (χ4v) is 12.9. The summed E-state index contributed by atoms with van der Waals surface area (Å²) in [5.74, 6) is 5.63. The number of rotatable bonds is 4. The van der Waals surface area contributed by atoms with E-state index in [1.807, 2.05) is 0 Å². The zero-order chi connectivity index (χ0) is 56.1. The van der Waals surface area contributed by atoms with Crippen LogP contribution >= 0.6 is 0 Å². The maximum Gasteiger partial charge on any atom is 0.0366 e. The molecule has 4 aromatic rings. The Morgan fingerprint density at radius 3 is 0.640 bits per heavy atom. The van der Waals surface area contributed by atoms with Crippen molar-refractivity contribution in [3.63, 3.8) is 0 Å². The van der Waals surface area contributed by atoms with Crippen LogP contribution in [0.1, 0.15) is 201 Å². The van der Waals surface area contributed by atoms with Gasteiger partial charge in [-0.2, -0.15) is 0 Å². The Balaban J connectivity index is 0.000000185. The Morgan fingerprint density at radius 1 is 0.293 bits per heavy atom. The first kappa shape index (κ1) is 61.9. The van der Waals surface area contributed by atoms with Gasteiger partial charge >= 0.3 is 0 Å². The highest BCUT2D eigenvalue weighted by Gasteiger charge is 2.44. The molecule has 4 heteroatoms. The highest BCUT2D eigenvalue weighted by molar-refractivity contribution is 5.52. The third-order valence-corrected chi connectivity index (χ3v) is 17.5. The van der Waals surface area contributed by atoms with Gasteiger partial charge in [0.25, 0.3) is 0 Å². The molecule has 0 spiro atoms. The summed E-state index contributed by atoms with van der Waals surface area (Å²) in [6, 6.07) is 36.7. The quantitative estimate of drug-likeness (QED) is 0.202. The van der Waals surface area contributed by atoms with Crippen LogP contribution in [0.4, 0.5) is 22.7 Å². The molecule has 418 valence electrons. The van der Waals surface area contributed by atoms with Gasteiger partial charge in [0.05, 0.1) is 0 Å². The topological polar surface area (TPSA) is 13.0 Å². The molecule has 75 heavy (non-hydrogen) atoms. The maximum absolute atomic E-state index is 2.58. The van der Waals surface area contributed by atoms with Gasteiger partial charge in [-0.05, 0) is 164 Å². The molecule has 4 aliphatic heterocycles. The van der Waals surface area contributed by atoms with Crippen LogP contribution in [-0.2, 0) is 21.7 Å². The van der Waals surface area contributed by atoms with Gasteiger partial charge in [0, 0.05) is 75.1 Å². The lowest BCUT2D eigenvalue weighted by Gasteiger charge is -2.53. The third-order valence-electron chi connectivity index (χ3n) is 17.5. The Labute approximate surface area is 464 Å². The van der Waals surface area contributed by atoms with Crippen molar-refractivity contribution in [1.29, 1.82) is 0 Å². The van der Waals surface area contributed by atoms with Crippen molar-refractivity contribution >= 4 is 22.7 Å². The van der Waals surface area contributed by atoms with E-state index in [1.54, 1.807) is 0 Å². The molecular weight excluding hydrogens is 909 g/mol. The fourth-order valence-electron chi connectivity index (χ4n) is 12.9. The van der Waals surface area contributed by atoms with Crippen LogP contribution in [0.15, 0.2) is 97.1 Å². The first-order chi connectivity index (χ1) is 34.5. The lowest BCUT2D eigenvalue weighted by atomic mass is 9.62. The minimum absolute atomic E-state index is 0.230. The molecule has 6 unspecified atom stereocenters. The highest BCUT2D eigenvalue weighted by Crippen LogP contribution is 2.46. The number of nitrogens with zero attached hydrogens (tertiary/aromatic N) is 4. The number of benzene rings is 4. The average molecular weight is 1020 g/mol. The van der Waals surface area contributed by atoms with Crippen LogP contribution in [0.3, 0.4) is 0 Å². The molecular formula is C71H114N4. The standard InChI is InChI=1S/C20H33N.3C17H27N/c1-15-19(5,6)13-21(14-20(15,7)8)17-11-9-16(10-12-17)18(2,3)4;3*1-13-10-14(2)12-18(11-13)16-8-6-15(7-9-16)17(3,4)5/h9-12,15H,13-14H2,1-8H3;3*6-9,13-14H,10-12H2,1-5H3. The molecule has 4 aromatic carbocycles. The Bertz CT molecular complexity index is 2070. The van der Waals surface area contributed by atoms with E-state index in [1.165, 1.54) is 104 Å². The van der Waals surface area contributed by atoms with Crippen LogP contribution in [0.2, 0.25) is 0 Å². The van der Waals surface area contributed by atoms with E-state index in [-0.39, 0.29) is 21.7 Å². The second kappa shape index (κ2) is 24.8. The van der Waals surface area contributed by atoms with Crippen molar-refractivity contribution in [1.82, 2.24) is 0 Å². The normalized spacial score (nSPS) is 24.5. The number of hydrogen-bond acceptors (Lipinski definition) is 4. The van der Waals surface area contributed by atoms with E-state index in [4.69, 9.17) is 0 Å². The summed E-state index contributed by atoms with van der Waals surface area (Å²) < 4.78 is 0. The van der Waals surface area contributed by atoms with E-state index < -0.39 is 0 Å². The van der Waals surface area contributed by atoms with E-state index in [0.717, 1.165) is 54.5 Å². The minimum atomic E-state index is 0.230. The predicted octanol–water partition coefficient (Wildman–Crippen LogP) is 18.9. The third kappa shape index (κ3) is 18.1. The van der Waals surface area contributed by atoms with Gasteiger partial charge < -0.3 is 19.6 Å². The minimum Gasteiger partial charge on any atom is -0.371 e. The Kier molecular flexibility index (Phi) is 20.5. The SMILES string of the molecule is CC1C(C)(C)CN(c2ccc(C(C)(C)C)cc2)CC1(C)C.CC1CC(C)CN(c2ccc(C(C)(C)C)cc2)C1.CC1CC(C)CN(c2ccc(C(C)(C)C)cc2)C1.CC1CC(C)CN(c2ccc(C(C)(C)C)cc2)C1. The molecule has 0 aliphatic carbocycles. The van der Waals surface area contributed by atoms with Crippen molar-refractivity contribution < 1.29 is 0 Å².